The van der Waals surface area contributed by atoms with Crippen LogP contribution < -0.4 is 0 Å². The van der Waals surface area contributed by atoms with Crippen molar-refractivity contribution in [1.82, 2.24) is 20.2 Å². The molecule has 2 aromatic rings. The van der Waals surface area contributed by atoms with Crippen LogP contribution >= 0.6 is 0 Å². The second-order valence-corrected chi connectivity index (χ2v) is 4.44. The maximum Gasteiger partial charge on any atom is 0.317 e. The summed E-state index contributed by atoms with van der Waals surface area (Å²) in [6, 6.07) is -0.663. The molecule has 10 heteroatoms. The Morgan fingerprint density at radius 2 is 1.90 bits per heavy atom. The highest BCUT2D eigenvalue weighted by Crippen LogP contribution is 2.36. The standard InChI is InChI=1S/C10H12N4O6/c15-1-2-6(16)7(17)8(20-2)4-3-5(14-13-4)9(18)12-10(19)11-3/h2,6-8,15-17H,1H2,(H,13,14)(H2,11,12,18,19). The van der Waals surface area contributed by atoms with E-state index in [1.807, 2.05) is 0 Å². The Balaban J connectivity index is 2.07. The molecule has 0 spiro atoms. The lowest BCUT2D eigenvalue weighted by molar-refractivity contribution is -0.0236. The van der Waals surface area contributed by atoms with Gasteiger partial charge < -0.3 is 30.3 Å². The first-order chi connectivity index (χ1) is 9.52. The number of hydrogen-bond donors (Lipinski definition) is 6. The molecule has 4 unspecified atom stereocenters. The summed E-state index contributed by atoms with van der Waals surface area (Å²) >= 11 is 0. The Kier molecular flexibility index (Phi) is 2.94. The molecular formula is C10H12N4O6. The van der Waals surface area contributed by atoms with Crippen LogP contribution in [0, 0.1) is 0 Å². The van der Waals surface area contributed by atoms with E-state index in [2.05, 4.69) is 20.2 Å². The lowest BCUT2D eigenvalue weighted by Gasteiger charge is -2.11. The van der Waals surface area contributed by atoms with Crippen molar-refractivity contribution in [1.29, 1.82) is 0 Å². The first-order valence-electron chi connectivity index (χ1n) is 5.79. The van der Waals surface area contributed by atoms with Crippen LogP contribution in [0.4, 0.5) is 0 Å². The van der Waals surface area contributed by atoms with Gasteiger partial charge in [-0.3, -0.25) is 5.10 Å². The van der Waals surface area contributed by atoms with Crippen LogP contribution in [0.25, 0.3) is 11.0 Å². The third kappa shape index (κ3) is 1.78. The van der Waals surface area contributed by atoms with Gasteiger partial charge in [0.05, 0.1) is 6.61 Å². The van der Waals surface area contributed by atoms with E-state index in [0.717, 1.165) is 0 Å². The van der Waals surface area contributed by atoms with E-state index in [-0.39, 0.29) is 16.7 Å². The summed E-state index contributed by atoms with van der Waals surface area (Å²) in [7, 11) is 0. The molecule has 3 rings (SSSR count). The van der Waals surface area contributed by atoms with Crippen LogP contribution in [0.3, 0.4) is 0 Å². The molecule has 1 saturated heterocycles. The Morgan fingerprint density at radius 3 is 2.55 bits per heavy atom. The minimum absolute atomic E-state index is 0.0600. The molecule has 1 fully saturated rings. The van der Waals surface area contributed by atoms with E-state index in [1.165, 1.54) is 0 Å². The first kappa shape index (κ1) is 13.0. The summed E-state index contributed by atoms with van der Waals surface area (Å²) in [4.78, 5) is 7.05. The van der Waals surface area contributed by atoms with Crippen LogP contribution in [0.1, 0.15) is 11.8 Å². The smallest absolute Gasteiger partial charge is 0.317 e. The molecule has 4 atom stereocenters. The van der Waals surface area contributed by atoms with Gasteiger partial charge in [-0.15, -0.1) is 0 Å². The SMILES string of the molecule is OCC1OC(c2n[nH]c3c(O)nc(O)nc23)C(O)C1O. The van der Waals surface area contributed by atoms with Crippen LogP contribution in [-0.2, 0) is 4.74 Å². The van der Waals surface area contributed by atoms with Gasteiger partial charge in [-0.2, -0.15) is 15.1 Å². The fourth-order valence-corrected chi connectivity index (χ4v) is 2.22. The van der Waals surface area contributed by atoms with E-state index < -0.39 is 42.9 Å². The predicted octanol–water partition coefficient (Wildman–Crippen LogP) is -2.08. The van der Waals surface area contributed by atoms with Crippen molar-refractivity contribution in [2.24, 2.45) is 0 Å². The van der Waals surface area contributed by atoms with Crippen LogP contribution in [0.2, 0.25) is 0 Å². The van der Waals surface area contributed by atoms with Crippen molar-refractivity contribution in [3.05, 3.63) is 5.69 Å². The fraction of sp³-hybridized carbons (Fsp3) is 0.500. The van der Waals surface area contributed by atoms with Crippen LogP contribution in [-0.4, -0.2) is 70.6 Å². The number of nitrogens with zero attached hydrogens (tertiary/aromatic N) is 3. The minimum Gasteiger partial charge on any atom is -0.492 e. The zero-order valence-corrected chi connectivity index (χ0v) is 10.0. The van der Waals surface area contributed by atoms with Crippen LogP contribution in [0.5, 0.6) is 11.9 Å². The number of aromatic amines is 1. The van der Waals surface area contributed by atoms with Gasteiger partial charge in [0.25, 0.3) is 0 Å². The van der Waals surface area contributed by atoms with Crippen molar-refractivity contribution in [2.45, 2.75) is 24.4 Å². The minimum atomic E-state index is -1.32. The molecule has 108 valence electrons. The summed E-state index contributed by atoms with van der Waals surface area (Å²) in [5.41, 5.74) is 0.218. The molecule has 2 aromatic heterocycles. The largest absolute Gasteiger partial charge is 0.492 e. The van der Waals surface area contributed by atoms with Gasteiger partial charge in [-0.25, -0.2) is 0 Å². The molecule has 0 radical (unpaired) electrons. The number of aromatic hydroxyl groups is 2. The van der Waals surface area contributed by atoms with E-state index in [0.29, 0.717) is 0 Å². The van der Waals surface area contributed by atoms with Gasteiger partial charge in [-0.1, -0.05) is 0 Å². The third-order valence-electron chi connectivity index (χ3n) is 3.22. The Morgan fingerprint density at radius 1 is 1.15 bits per heavy atom. The molecule has 0 bridgehead atoms. The monoisotopic (exact) mass is 284 g/mol. The fourth-order valence-electron chi connectivity index (χ4n) is 2.22. The third-order valence-corrected chi connectivity index (χ3v) is 3.22. The predicted molar refractivity (Wildman–Crippen MR) is 61.7 cm³/mol. The molecule has 20 heavy (non-hydrogen) atoms. The van der Waals surface area contributed by atoms with Gasteiger partial charge in [0.1, 0.15) is 41.1 Å². The van der Waals surface area contributed by atoms with Gasteiger partial charge in [0, 0.05) is 0 Å². The molecule has 6 N–H and O–H groups in total. The summed E-state index contributed by atoms with van der Waals surface area (Å²) in [6.45, 7) is -0.470. The lowest BCUT2D eigenvalue weighted by Crippen LogP contribution is -2.32. The number of ether oxygens (including phenoxy) is 1. The van der Waals surface area contributed by atoms with Gasteiger partial charge in [0.15, 0.2) is 0 Å². The number of H-pyrrole nitrogens is 1. The Bertz CT molecular complexity index is 646. The summed E-state index contributed by atoms with van der Waals surface area (Å²) in [6.07, 6.45) is -4.60. The normalized spacial score (nSPS) is 30.1. The second-order valence-electron chi connectivity index (χ2n) is 4.44. The number of aromatic nitrogens is 4. The molecule has 3 heterocycles. The molecule has 10 nitrogen and oxygen atoms in total. The zero-order chi connectivity index (χ0) is 14.4. The molecule has 1 aliphatic heterocycles. The van der Waals surface area contributed by atoms with E-state index in [9.17, 15) is 20.4 Å². The number of rotatable bonds is 2. The zero-order valence-electron chi connectivity index (χ0n) is 10.0. The number of aliphatic hydroxyl groups excluding tert-OH is 3. The number of aliphatic hydroxyl groups is 3. The summed E-state index contributed by atoms with van der Waals surface area (Å²) in [5, 5.41) is 53.8. The average Bonchev–Trinajstić information content (AvgIpc) is 2.93. The maximum absolute atomic E-state index is 9.92. The number of hydrogen-bond acceptors (Lipinski definition) is 9. The molecule has 1 aliphatic rings. The van der Waals surface area contributed by atoms with Crippen molar-refractivity contribution < 1.29 is 30.3 Å². The highest BCUT2D eigenvalue weighted by atomic mass is 16.6. The first-order valence-corrected chi connectivity index (χ1v) is 5.79. The van der Waals surface area contributed by atoms with Gasteiger partial charge in [0.2, 0.25) is 5.88 Å². The van der Waals surface area contributed by atoms with E-state index in [4.69, 9.17) is 9.84 Å². The Hall–Kier alpha value is -2.01. The molecule has 0 amide bonds. The summed E-state index contributed by atoms with van der Waals surface area (Å²) in [5.74, 6) is -0.502. The van der Waals surface area contributed by atoms with E-state index >= 15 is 0 Å². The molecule has 0 aliphatic carbocycles. The van der Waals surface area contributed by atoms with Crippen molar-refractivity contribution in [3.63, 3.8) is 0 Å². The van der Waals surface area contributed by atoms with Crippen molar-refractivity contribution in [2.75, 3.05) is 6.61 Å². The van der Waals surface area contributed by atoms with Crippen molar-refractivity contribution in [3.8, 4) is 11.9 Å². The molecule has 0 saturated carbocycles. The summed E-state index contributed by atoms with van der Waals surface area (Å²) < 4.78 is 5.31. The van der Waals surface area contributed by atoms with E-state index in [1.54, 1.807) is 0 Å². The van der Waals surface area contributed by atoms with Crippen molar-refractivity contribution >= 4 is 11.0 Å². The highest BCUT2D eigenvalue weighted by Gasteiger charge is 2.45. The average molecular weight is 284 g/mol. The van der Waals surface area contributed by atoms with Gasteiger partial charge >= 0.3 is 6.01 Å². The lowest BCUT2D eigenvalue weighted by atomic mass is 10.1. The maximum atomic E-state index is 9.92. The molecular weight excluding hydrogens is 272 g/mol. The quantitative estimate of drug-likeness (QED) is 0.363. The number of nitrogens with one attached hydrogen (secondary N) is 1. The van der Waals surface area contributed by atoms with Crippen LogP contribution in [0.15, 0.2) is 0 Å². The molecule has 0 aromatic carbocycles. The topological polar surface area (TPSA) is 165 Å². The number of fused-ring (bicyclic) bond motifs is 1. The van der Waals surface area contributed by atoms with Gasteiger partial charge in [-0.05, 0) is 0 Å². The highest BCUT2D eigenvalue weighted by molar-refractivity contribution is 5.81. The second kappa shape index (κ2) is 4.52. The Labute approximate surface area is 111 Å².